The number of nitro benzene ring substituents is 1. The zero-order valence-electron chi connectivity index (χ0n) is 20.8. The molecule has 3 aromatic carbocycles. The third-order valence-electron chi connectivity index (χ3n) is 5.77. The predicted molar refractivity (Wildman–Crippen MR) is 145 cm³/mol. The number of nitro groups is 1. The van der Waals surface area contributed by atoms with Gasteiger partial charge in [-0.2, -0.15) is 0 Å². The average Bonchev–Trinajstić information content (AvgIpc) is 2.88. The van der Waals surface area contributed by atoms with Crippen molar-refractivity contribution in [1.82, 2.24) is 10.2 Å². The fourth-order valence-electron chi connectivity index (χ4n) is 3.93. The third-order valence-corrected chi connectivity index (χ3v) is 7.14. The highest BCUT2D eigenvalue weighted by atomic mass is 35.5. The van der Waals surface area contributed by atoms with Crippen molar-refractivity contribution in [1.29, 1.82) is 0 Å². The smallest absolute Gasteiger partial charge is 0.271 e. The van der Waals surface area contributed by atoms with E-state index in [2.05, 4.69) is 5.32 Å². The second-order valence-electron chi connectivity index (χ2n) is 8.52. The lowest BCUT2D eigenvalue weighted by Crippen LogP contribution is -2.52. The molecule has 0 spiro atoms. The van der Waals surface area contributed by atoms with Crippen molar-refractivity contribution in [3.05, 3.63) is 105 Å². The third kappa shape index (κ3) is 7.53. The Morgan fingerprint density at radius 2 is 1.66 bits per heavy atom. The molecule has 200 valence electrons. The number of carbonyl (C=O) groups is 2. The number of benzene rings is 3. The number of sulfonamides is 1. The Balaban J connectivity index is 2.04. The number of nitrogens with one attached hydrogen (secondary N) is 1. The first-order chi connectivity index (χ1) is 18.0. The predicted octanol–water partition coefficient (Wildman–Crippen LogP) is 3.40. The molecule has 0 aliphatic rings. The molecule has 3 rings (SSSR count). The van der Waals surface area contributed by atoms with Gasteiger partial charge in [-0.15, -0.1) is 0 Å². The largest absolute Gasteiger partial charge is 0.357 e. The summed E-state index contributed by atoms with van der Waals surface area (Å²) in [6.45, 7) is -0.709. The number of rotatable bonds is 11. The van der Waals surface area contributed by atoms with E-state index in [4.69, 9.17) is 11.6 Å². The summed E-state index contributed by atoms with van der Waals surface area (Å²) in [7, 11) is -2.58. The van der Waals surface area contributed by atoms with Gasteiger partial charge in [0.15, 0.2) is 0 Å². The fourth-order valence-corrected chi connectivity index (χ4v) is 4.98. The molecule has 10 nitrogen and oxygen atoms in total. The van der Waals surface area contributed by atoms with Crippen LogP contribution in [0.2, 0.25) is 5.02 Å². The highest BCUT2D eigenvalue weighted by Crippen LogP contribution is 2.24. The molecule has 0 fully saturated rings. The zero-order chi connectivity index (χ0) is 27.9. The summed E-state index contributed by atoms with van der Waals surface area (Å²) in [5.74, 6) is -1.11. The van der Waals surface area contributed by atoms with E-state index in [0.29, 0.717) is 10.6 Å². The average molecular weight is 559 g/mol. The van der Waals surface area contributed by atoms with Gasteiger partial charge in [0.2, 0.25) is 21.8 Å². The highest BCUT2D eigenvalue weighted by molar-refractivity contribution is 7.92. The molecule has 2 amide bonds. The number of hydrogen-bond acceptors (Lipinski definition) is 6. The summed E-state index contributed by atoms with van der Waals surface area (Å²) in [5.41, 5.74) is 1.06. The minimum Gasteiger partial charge on any atom is -0.357 e. The minimum absolute atomic E-state index is 0.0309. The van der Waals surface area contributed by atoms with Crippen molar-refractivity contribution < 1.29 is 22.9 Å². The van der Waals surface area contributed by atoms with E-state index in [1.54, 1.807) is 24.3 Å². The SMILES string of the molecule is CNC(=O)[C@H](Cc1ccccc1)N(Cc1cccc(Cl)c1)C(=O)CN(c1cccc([N+](=O)[O-])c1)S(C)(=O)=O. The first-order valence-electron chi connectivity index (χ1n) is 11.5. The van der Waals surface area contributed by atoms with Crippen LogP contribution in [0.1, 0.15) is 11.1 Å². The Morgan fingerprint density at radius 3 is 2.26 bits per heavy atom. The van der Waals surface area contributed by atoms with Gasteiger partial charge in [-0.25, -0.2) is 8.42 Å². The van der Waals surface area contributed by atoms with E-state index >= 15 is 0 Å². The summed E-state index contributed by atoms with van der Waals surface area (Å²) in [6.07, 6.45) is 1.07. The van der Waals surface area contributed by atoms with E-state index in [0.717, 1.165) is 22.2 Å². The zero-order valence-corrected chi connectivity index (χ0v) is 22.4. The lowest BCUT2D eigenvalue weighted by molar-refractivity contribution is -0.384. The van der Waals surface area contributed by atoms with Crippen LogP contribution in [-0.2, 0) is 32.6 Å². The second-order valence-corrected chi connectivity index (χ2v) is 10.9. The molecule has 0 aliphatic carbocycles. The van der Waals surface area contributed by atoms with Crippen LogP contribution in [0.15, 0.2) is 78.9 Å². The van der Waals surface area contributed by atoms with Crippen LogP contribution < -0.4 is 9.62 Å². The molecule has 0 saturated heterocycles. The number of carbonyl (C=O) groups excluding carboxylic acids is 2. The van der Waals surface area contributed by atoms with Gasteiger partial charge in [0, 0.05) is 37.2 Å². The van der Waals surface area contributed by atoms with E-state index in [1.807, 2.05) is 30.3 Å². The van der Waals surface area contributed by atoms with Crippen LogP contribution in [-0.4, -0.2) is 55.9 Å². The molecular formula is C26H27ClN4O6S. The second kappa shape index (κ2) is 12.5. The molecule has 0 bridgehead atoms. The van der Waals surface area contributed by atoms with Gasteiger partial charge in [0.1, 0.15) is 12.6 Å². The molecule has 12 heteroatoms. The van der Waals surface area contributed by atoms with Crippen molar-refractivity contribution in [3.63, 3.8) is 0 Å². The van der Waals surface area contributed by atoms with Crippen LogP contribution >= 0.6 is 11.6 Å². The quantitative estimate of drug-likeness (QED) is 0.283. The first kappa shape index (κ1) is 28.6. The van der Waals surface area contributed by atoms with Gasteiger partial charge in [0.05, 0.1) is 16.9 Å². The summed E-state index contributed by atoms with van der Waals surface area (Å²) < 4.78 is 26.2. The summed E-state index contributed by atoms with van der Waals surface area (Å²) in [6, 6.07) is 19.9. The topological polar surface area (TPSA) is 130 Å². The standard InChI is InChI=1S/C26H27ClN4O6S/c1-28-26(33)24(15-19-8-4-3-5-9-19)29(17-20-10-6-11-21(27)14-20)25(32)18-30(38(2,36)37)22-12-7-13-23(16-22)31(34)35/h3-14,16,24H,15,17-18H2,1-2H3,(H,28,33)/t24-/m0/s1. The lowest BCUT2D eigenvalue weighted by atomic mass is 10.0. The summed E-state index contributed by atoms with van der Waals surface area (Å²) in [4.78, 5) is 38.8. The lowest BCUT2D eigenvalue weighted by Gasteiger charge is -2.33. The number of amides is 2. The van der Waals surface area contributed by atoms with Gasteiger partial charge in [0.25, 0.3) is 5.69 Å². The Hall–Kier alpha value is -3.96. The van der Waals surface area contributed by atoms with E-state index in [1.165, 1.54) is 30.1 Å². The van der Waals surface area contributed by atoms with Crippen molar-refractivity contribution >= 4 is 44.8 Å². The van der Waals surface area contributed by atoms with Crippen molar-refractivity contribution in [2.24, 2.45) is 0 Å². The van der Waals surface area contributed by atoms with Crippen LogP contribution in [0, 0.1) is 10.1 Å². The van der Waals surface area contributed by atoms with E-state index in [9.17, 15) is 28.1 Å². The van der Waals surface area contributed by atoms with Crippen LogP contribution in [0.3, 0.4) is 0 Å². The van der Waals surface area contributed by atoms with Crippen molar-refractivity contribution in [2.45, 2.75) is 19.0 Å². The molecule has 0 saturated carbocycles. The maximum atomic E-state index is 13.8. The summed E-state index contributed by atoms with van der Waals surface area (Å²) in [5, 5.41) is 14.3. The molecular weight excluding hydrogens is 532 g/mol. The van der Waals surface area contributed by atoms with Crippen LogP contribution in [0.5, 0.6) is 0 Å². The Morgan fingerprint density at radius 1 is 1.00 bits per heavy atom. The number of hydrogen-bond donors (Lipinski definition) is 1. The number of halogens is 1. The van der Waals surface area contributed by atoms with E-state index in [-0.39, 0.29) is 24.3 Å². The molecule has 0 aliphatic heterocycles. The number of likely N-dealkylation sites (N-methyl/N-ethyl adjacent to an activating group) is 1. The minimum atomic E-state index is -4.04. The van der Waals surface area contributed by atoms with Crippen LogP contribution in [0.25, 0.3) is 0 Å². The monoisotopic (exact) mass is 558 g/mol. The molecule has 0 unspecified atom stereocenters. The van der Waals surface area contributed by atoms with E-state index < -0.39 is 39.3 Å². The van der Waals surface area contributed by atoms with Crippen LogP contribution in [0.4, 0.5) is 11.4 Å². The normalized spacial score (nSPS) is 11.9. The molecule has 0 radical (unpaired) electrons. The Bertz CT molecular complexity index is 1420. The molecule has 0 aromatic heterocycles. The highest BCUT2D eigenvalue weighted by Gasteiger charge is 2.33. The molecule has 1 atom stereocenters. The van der Waals surface area contributed by atoms with Crippen molar-refractivity contribution in [3.8, 4) is 0 Å². The van der Waals surface area contributed by atoms with Gasteiger partial charge >= 0.3 is 0 Å². The number of anilines is 1. The number of nitrogens with zero attached hydrogens (tertiary/aromatic N) is 3. The molecule has 3 aromatic rings. The molecule has 0 heterocycles. The van der Waals surface area contributed by atoms with Gasteiger partial charge < -0.3 is 10.2 Å². The maximum absolute atomic E-state index is 13.8. The fraction of sp³-hybridized carbons (Fsp3) is 0.231. The molecule has 38 heavy (non-hydrogen) atoms. The number of non-ortho nitro benzene ring substituents is 1. The maximum Gasteiger partial charge on any atom is 0.271 e. The first-order valence-corrected chi connectivity index (χ1v) is 13.7. The van der Waals surface area contributed by atoms with Gasteiger partial charge in [-0.1, -0.05) is 60.1 Å². The van der Waals surface area contributed by atoms with Crippen molar-refractivity contribution in [2.75, 3.05) is 24.2 Å². The summed E-state index contributed by atoms with van der Waals surface area (Å²) >= 11 is 6.15. The van der Waals surface area contributed by atoms with Gasteiger partial charge in [-0.3, -0.25) is 24.0 Å². The Labute approximate surface area is 226 Å². The van der Waals surface area contributed by atoms with Gasteiger partial charge in [-0.05, 0) is 29.3 Å². The Kier molecular flexibility index (Phi) is 9.43. The molecule has 1 N–H and O–H groups in total.